The van der Waals surface area contributed by atoms with E-state index in [1.807, 2.05) is 24.6 Å². The highest BCUT2D eigenvalue weighted by Gasteiger charge is 2.26. The molecule has 0 saturated carbocycles. The van der Waals surface area contributed by atoms with Gasteiger partial charge < -0.3 is 4.40 Å². The Kier molecular flexibility index (Phi) is 4.42. The van der Waals surface area contributed by atoms with E-state index in [4.69, 9.17) is 10.1 Å². The zero-order valence-electron chi connectivity index (χ0n) is 17.5. The van der Waals surface area contributed by atoms with Gasteiger partial charge in [-0.3, -0.25) is 4.21 Å². The van der Waals surface area contributed by atoms with Gasteiger partial charge in [0, 0.05) is 23.3 Å². The van der Waals surface area contributed by atoms with Crippen LogP contribution in [0.1, 0.15) is 40.6 Å². The maximum atomic E-state index is 13.1. The Morgan fingerprint density at radius 3 is 2.36 bits per heavy atom. The molecular weight excluding hydrogens is 368 g/mol. The summed E-state index contributed by atoms with van der Waals surface area (Å²) in [4.78, 5) is 5.67. The largest absolute Gasteiger partial charge is 0.304 e. The quantitative estimate of drug-likeness (QED) is 0.509. The molecule has 146 valence electrons. The van der Waals surface area contributed by atoms with Crippen molar-refractivity contribution in [3.8, 4) is 11.4 Å². The van der Waals surface area contributed by atoms with E-state index in [9.17, 15) is 4.21 Å². The standard InChI is InChI=1S/C22H26N4OS/c1-8-28(27)22-20(19-17(7)25-10-9-12(2)11-18(25)23-19)24-26-16(6)14(4)13(3)15(5)21(22)26/h9-11H,8H2,1-7H3. The van der Waals surface area contributed by atoms with Gasteiger partial charge in [0.05, 0.1) is 21.2 Å². The molecule has 0 bridgehead atoms. The summed E-state index contributed by atoms with van der Waals surface area (Å²) in [7, 11) is -1.15. The highest BCUT2D eigenvalue weighted by Crippen LogP contribution is 2.35. The Balaban J connectivity index is 2.16. The van der Waals surface area contributed by atoms with Crippen molar-refractivity contribution in [3.63, 3.8) is 0 Å². The molecule has 0 fully saturated rings. The van der Waals surface area contributed by atoms with Crippen LogP contribution in [0.25, 0.3) is 22.6 Å². The van der Waals surface area contributed by atoms with Crippen LogP contribution in [0, 0.1) is 41.5 Å². The number of hydrogen-bond acceptors (Lipinski definition) is 3. The molecule has 0 N–H and O–H groups in total. The normalized spacial score (nSPS) is 13.0. The molecule has 1 atom stereocenters. The first-order valence-corrected chi connectivity index (χ1v) is 10.9. The summed E-state index contributed by atoms with van der Waals surface area (Å²) in [6, 6.07) is 4.13. The topological polar surface area (TPSA) is 51.7 Å². The van der Waals surface area contributed by atoms with E-state index in [2.05, 4.69) is 51.2 Å². The lowest BCUT2D eigenvalue weighted by atomic mass is 10.0. The van der Waals surface area contributed by atoms with Crippen LogP contribution in [0.3, 0.4) is 0 Å². The van der Waals surface area contributed by atoms with Gasteiger partial charge in [0.1, 0.15) is 17.0 Å². The Morgan fingerprint density at radius 2 is 1.68 bits per heavy atom. The van der Waals surface area contributed by atoms with Gasteiger partial charge in [-0.25, -0.2) is 9.50 Å². The summed E-state index contributed by atoms with van der Waals surface area (Å²) in [6.07, 6.45) is 2.04. The smallest absolute Gasteiger partial charge is 0.137 e. The van der Waals surface area contributed by atoms with E-state index in [0.717, 1.165) is 50.0 Å². The highest BCUT2D eigenvalue weighted by molar-refractivity contribution is 7.85. The molecule has 4 aromatic rings. The van der Waals surface area contributed by atoms with Gasteiger partial charge in [0.25, 0.3) is 0 Å². The lowest BCUT2D eigenvalue weighted by Gasteiger charge is -2.12. The van der Waals surface area contributed by atoms with Crippen LogP contribution >= 0.6 is 0 Å². The Morgan fingerprint density at radius 1 is 0.964 bits per heavy atom. The molecule has 4 heterocycles. The molecule has 0 amide bonds. The van der Waals surface area contributed by atoms with Crippen molar-refractivity contribution in [2.75, 3.05) is 5.75 Å². The van der Waals surface area contributed by atoms with Gasteiger partial charge in [0.15, 0.2) is 0 Å². The minimum Gasteiger partial charge on any atom is -0.304 e. The number of imidazole rings is 1. The molecule has 4 rings (SSSR count). The Labute approximate surface area is 167 Å². The van der Waals surface area contributed by atoms with Gasteiger partial charge >= 0.3 is 0 Å². The summed E-state index contributed by atoms with van der Waals surface area (Å²) in [5, 5.41) is 4.94. The fourth-order valence-electron chi connectivity index (χ4n) is 3.87. The first-order valence-electron chi connectivity index (χ1n) is 9.59. The molecule has 0 aliphatic heterocycles. The monoisotopic (exact) mass is 394 g/mol. The summed E-state index contributed by atoms with van der Waals surface area (Å²) in [5.41, 5.74) is 10.2. The second kappa shape index (κ2) is 6.55. The Hall–Kier alpha value is -2.47. The van der Waals surface area contributed by atoms with Crippen LogP contribution in [0.4, 0.5) is 0 Å². The fourth-order valence-corrected chi connectivity index (χ4v) is 4.97. The number of hydrogen-bond donors (Lipinski definition) is 0. The first-order chi connectivity index (χ1) is 13.3. The molecule has 0 saturated heterocycles. The minimum atomic E-state index is -1.15. The number of aromatic nitrogens is 4. The molecule has 0 aromatic carbocycles. The number of aryl methyl sites for hydroxylation is 4. The zero-order valence-corrected chi connectivity index (χ0v) is 18.4. The van der Waals surface area contributed by atoms with E-state index < -0.39 is 10.8 Å². The lowest BCUT2D eigenvalue weighted by molar-refractivity contribution is 0.684. The summed E-state index contributed by atoms with van der Waals surface area (Å²) < 4.78 is 17.2. The average Bonchev–Trinajstić information content (AvgIpc) is 3.22. The maximum absolute atomic E-state index is 13.1. The van der Waals surface area contributed by atoms with Gasteiger partial charge in [-0.15, -0.1) is 0 Å². The van der Waals surface area contributed by atoms with Crippen LogP contribution in [0.2, 0.25) is 0 Å². The molecule has 0 spiro atoms. The van der Waals surface area contributed by atoms with Crippen molar-refractivity contribution < 1.29 is 4.21 Å². The van der Waals surface area contributed by atoms with E-state index in [1.54, 1.807) is 0 Å². The SMILES string of the molecule is CCS(=O)c1c(-c2nc3cc(C)ccn3c2C)nn2c(C)c(C)c(C)c(C)c12. The molecule has 0 aliphatic carbocycles. The Bertz CT molecular complexity index is 1280. The van der Waals surface area contributed by atoms with Gasteiger partial charge in [-0.1, -0.05) is 6.92 Å². The summed E-state index contributed by atoms with van der Waals surface area (Å²) in [5.74, 6) is 0.547. The predicted molar refractivity (Wildman–Crippen MR) is 115 cm³/mol. The average molecular weight is 395 g/mol. The minimum absolute atomic E-state index is 0.547. The number of rotatable bonds is 3. The fraction of sp³-hybridized carbons (Fsp3) is 0.364. The maximum Gasteiger partial charge on any atom is 0.137 e. The van der Waals surface area contributed by atoms with Crippen molar-refractivity contribution in [3.05, 3.63) is 52.0 Å². The molecule has 0 radical (unpaired) electrons. The molecule has 4 aromatic heterocycles. The van der Waals surface area contributed by atoms with Crippen LogP contribution in [0.5, 0.6) is 0 Å². The third-order valence-electron chi connectivity index (χ3n) is 5.92. The number of fused-ring (bicyclic) bond motifs is 2. The van der Waals surface area contributed by atoms with Crippen LogP contribution in [0.15, 0.2) is 23.2 Å². The number of nitrogens with zero attached hydrogens (tertiary/aromatic N) is 4. The van der Waals surface area contributed by atoms with Crippen molar-refractivity contribution in [2.24, 2.45) is 0 Å². The molecule has 0 aliphatic rings. The molecule has 6 heteroatoms. The third-order valence-corrected chi connectivity index (χ3v) is 7.28. The van der Waals surface area contributed by atoms with Crippen LogP contribution < -0.4 is 0 Å². The van der Waals surface area contributed by atoms with E-state index >= 15 is 0 Å². The van der Waals surface area contributed by atoms with Gasteiger partial charge in [0.2, 0.25) is 0 Å². The van der Waals surface area contributed by atoms with E-state index in [1.165, 1.54) is 11.1 Å². The zero-order chi connectivity index (χ0) is 20.3. The highest BCUT2D eigenvalue weighted by atomic mass is 32.2. The predicted octanol–water partition coefficient (Wildman–Crippen LogP) is 4.63. The molecule has 28 heavy (non-hydrogen) atoms. The summed E-state index contributed by atoms with van der Waals surface area (Å²) >= 11 is 0. The number of pyridine rings is 2. The van der Waals surface area contributed by atoms with Gasteiger partial charge in [-0.05, 0) is 75.9 Å². The van der Waals surface area contributed by atoms with Crippen molar-refractivity contribution in [1.29, 1.82) is 0 Å². The molecule has 1 unspecified atom stereocenters. The molecule has 5 nitrogen and oxygen atoms in total. The first kappa shape index (κ1) is 18.9. The van der Waals surface area contributed by atoms with Crippen LogP contribution in [-0.4, -0.2) is 29.0 Å². The van der Waals surface area contributed by atoms with Crippen LogP contribution in [-0.2, 0) is 10.8 Å². The van der Waals surface area contributed by atoms with E-state index in [-0.39, 0.29) is 0 Å². The second-order valence-corrected chi connectivity index (χ2v) is 9.19. The lowest BCUT2D eigenvalue weighted by Crippen LogP contribution is -2.03. The van der Waals surface area contributed by atoms with Crippen molar-refractivity contribution >= 4 is 22.0 Å². The second-order valence-electron chi connectivity index (χ2n) is 7.51. The summed E-state index contributed by atoms with van der Waals surface area (Å²) in [6.45, 7) is 14.5. The van der Waals surface area contributed by atoms with Crippen molar-refractivity contribution in [1.82, 2.24) is 19.0 Å². The van der Waals surface area contributed by atoms with E-state index in [0.29, 0.717) is 5.75 Å². The molecular formula is C22H26N4OS. The van der Waals surface area contributed by atoms with Crippen molar-refractivity contribution in [2.45, 2.75) is 53.4 Å². The van der Waals surface area contributed by atoms with Gasteiger partial charge in [-0.2, -0.15) is 5.10 Å². The third kappa shape index (κ3) is 2.54.